The van der Waals surface area contributed by atoms with E-state index in [4.69, 9.17) is 9.47 Å². The molecule has 1 aliphatic heterocycles. The van der Waals surface area contributed by atoms with E-state index >= 15 is 0 Å². The molecular weight excluding hydrogens is 358 g/mol. The van der Waals surface area contributed by atoms with Gasteiger partial charge in [-0.15, -0.1) is 0 Å². The number of nitrogens with zero attached hydrogens (tertiary/aromatic N) is 1. The highest BCUT2D eigenvalue weighted by Gasteiger charge is 2.26. The van der Waals surface area contributed by atoms with Crippen molar-refractivity contribution in [3.05, 3.63) is 60.3 Å². The van der Waals surface area contributed by atoms with Crippen LogP contribution in [0.4, 0.5) is 0 Å². The predicted octanol–water partition coefficient (Wildman–Crippen LogP) is 1.86. The van der Waals surface area contributed by atoms with Gasteiger partial charge in [0, 0.05) is 37.2 Å². The highest BCUT2D eigenvalue weighted by Crippen LogP contribution is 2.30. The number of carbonyl (C=O) groups excluding carboxylic acids is 2. The Morgan fingerprint density at radius 2 is 1.75 bits per heavy atom. The van der Waals surface area contributed by atoms with Crippen LogP contribution in [0.1, 0.15) is 10.4 Å². The summed E-state index contributed by atoms with van der Waals surface area (Å²) in [5, 5.41) is 6.51. The molecule has 2 aromatic carbocycles. The number of carbonyl (C=O) groups is 2. The Kier molecular flexibility index (Phi) is 4.89. The molecule has 4 rings (SSSR count). The highest BCUT2D eigenvalue weighted by molar-refractivity contribution is 6.07. The average molecular weight is 379 g/mol. The molecule has 2 amide bonds. The topological polar surface area (TPSA) is 81.6 Å². The smallest absolute Gasteiger partial charge is 0.264 e. The first-order valence-electron chi connectivity index (χ1n) is 9.12. The molecule has 0 saturated heterocycles. The zero-order valence-electron chi connectivity index (χ0n) is 15.5. The van der Waals surface area contributed by atoms with Gasteiger partial charge in [0.25, 0.3) is 11.8 Å². The van der Waals surface area contributed by atoms with Crippen molar-refractivity contribution in [1.82, 2.24) is 15.2 Å². The number of hydrogen-bond donors (Lipinski definition) is 2. The maximum Gasteiger partial charge on any atom is 0.264 e. The molecule has 0 aliphatic carbocycles. The quantitative estimate of drug-likeness (QED) is 0.663. The number of amides is 2. The van der Waals surface area contributed by atoms with Crippen molar-refractivity contribution in [2.24, 2.45) is 7.05 Å². The third kappa shape index (κ3) is 3.51. The van der Waals surface area contributed by atoms with E-state index in [9.17, 15) is 9.59 Å². The summed E-state index contributed by atoms with van der Waals surface area (Å²) in [6.07, 6.45) is 1.10. The number of aryl methyl sites for hydroxylation is 1. The summed E-state index contributed by atoms with van der Waals surface area (Å²) < 4.78 is 13.1. The van der Waals surface area contributed by atoms with Crippen molar-refractivity contribution in [1.29, 1.82) is 0 Å². The summed E-state index contributed by atoms with van der Waals surface area (Å²) in [6.45, 7) is 0.778. The van der Waals surface area contributed by atoms with Gasteiger partial charge in [0.2, 0.25) is 6.10 Å². The number of nitrogens with one attached hydrogen (secondary N) is 2. The Hall–Kier alpha value is -3.48. The maximum absolute atomic E-state index is 12.5. The van der Waals surface area contributed by atoms with Gasteiger partial charge in [-0.3, -0.25) is 9.59 Å². The van der Waals surface area contributed by atoms with Crippen LogP contribution in [-0.2, 0) is 11.8 Å². The Bertz CT molecular complexity index is 1030. The van der Waals surface area contributed by atoms with Gasteiger partial charge in [-0.1, -0.05) is 30.3 Å². The molecule has 2 N–H and O–H groups in total. The lowest BCUT2D eigenvalue weighted by Gasteiger charge is -2.25. The summed E-state index contributed by atoms with van der Waals surface area (Å²) in [5.74, 6) is 0.748. The van der Waals surface area contributed by atoms with Gasteiger partial charge in [-0.05, 0) is 18.2 Å². The number of rotatable bonds is 5. The molecular formula is C21H21N3O4. The van der Waals surface area contributed by atoms with E-state index in [0.717, 1.165) is 10.9 Å². The zero-order valence-corrected chi connectivity index (χ0v) is 15.5. The number of hydrogen-bond acceptors (Lipinski definition) is 4. The second-order valence-corrected chi connectivity index (χ2v) is 6.58. The maximum atomic E-state index is 12.5. The molecule has 0 bridgehead atoms. The molecule has 1 aromatic heterocycles. The van der Waals surface area contributed by atoms with Crippen molar-refractivity contribution in [3.8, 4) is 11.5 Å². The van der Waals surface area contributed by atoms with E-state index < -0.39 is 6.10 Å². The van der Waals surface area contributed by atoms with E-state index in [1.54, 1.807) is 12.1 Å². The zero-order chi connectivity index (χ0) is 19.5. The molecule has 1 atom stereocenters. The predicted molar refractivity (Wildman–Crippen MR) is 105 cm³/mol. The largest absolute Gasteiger partial charge is 0.485 e. The van der Waals surface area contributed by atoms with E-state index in [-0.39, 0.29) is 18.4 Å². The van der Waals surface area contributed by atoms with Crippen LogP contribution in [0.25, 0.3) is 10.9 Å². The highest BCUT2D eigenvalue weighted by atomic mass is 16.6. The Balaban J connectivity index is 1.28. The fraction of sp³-hybridized carbons (Fsp3) is 0.238. The van der Waals surface area contributed by atoms with Crippen LogP contribution in [0.2, 0.25) is 0 Å². The van der Waals surface area contributed by atoms with Gasteiger partial charge in [0.1, 0.15) is 6.61 Å². The van der Waals surface area contributed by atoms with E-state index in [2.05, 4.69) is 10.6 Å². The second kappa shape index (κ2) is 7.64. The van der Waals surface area contributed by atoms with Crippen molar-refractivity contribution in [2.45, 2.75) is 6.10 Å². The van der Waals surface area contributed by atoms with Crippen molar-refractivity contribution < 1.29 is 19.1 Å². The van der Waals surface area contributed by atoms with Crippen LogP contribution < -0.4 is 20.1 Å². The Morgan fingerprint density at radius 1 is 1.04 bits per heavy atom. The Morgan fingerprint density at radius 3 is 2.61 bits per heavy atom. The first kappa shape index (κ1) is 17.9. The van der Waals surface area contributed by atoms with E-state index in [0.29, 0.717) is 30.2 Å². The molecule has 0 unspecified atom stereocenters. The minimum absolute atomic E-state index is 0.158. The monoisotopic (exact) mass is 379 g/mol. The third-order valence-corrected chi connectivity index (χ3v) is 4.65. The van der Waals surface area contributed by atoms with E-state index in [1.807, 2.05) is 54.2 Å². The standard InChI is InChI=1S/C21H21N3O4/c1-24-12-15(14-6-2-3-7-16(14)24)20(25)22-10-11-23-21(26)19-13-27-17-8-4-5-9-18(17)28-19/h2-9,12,19H,10-11,13H2,1H3,(H,22,25)(H,23,26)/t19-/m0/s1. The lowest BCUT2D eigenvalue weighted by Crippen LogP contribution is -2.46. The fourth-order valence-corrected chi connectivity index (χ4v) is 3.24. The number of aromatic nitrogens is 1. The van der Waals surface area contributed by atoms with Crippen LogP contribution >= 0.6 is 0 Å². The van der Waals surface area contributed by atoms with Crippen molar-refractivity contribution in [2.75, 3.05) is 19.7 Å². The first-order chi connectivity index (χ1) is 13.6. The summed E-state index contributed by atoms with van der Waals surface area (Å²) in [7, 11) is 1.91. The van der Waals surface area contributed by atoms with Gasteiger partial charge in [-0.25, -0.2) is 0 Å². The number of fused-ring (bicyclic) bond motifs is 2. The SMILES string of the molecule is Cn1cc(C(=O)NCCNC(=O)[C@@H]2COc3ccccc3O2)c2ccccc21. The molecule has 2 heterocycles. The first-order valence-corrected chi connectivity index (χ1v) is 9.12. The lowest BCUT2D eigenvalue weighted by atomic mass is 10.1. The summed E-state index contributed by atoms with van der Waals surface area (Å²) in [5.41, 5.74) is 1.61. The van der Waals surface area contributed by atoms with Gasteiger partial charge < -0.3 is 24.7 Å². The van der Waals surface area contributed by atoms with Crippen LogP contribution in [0, 0.1) is 0 Å². The minimum atomic E-state index is -0.705. The van der Waals surface area contributed by atoms with Crippen LogP contribution in [0.15, 0.2) is 54.7 Å². The lowest BCUT2D eigenvalue weighted by molar-refractivity contribution is -0.130. The number of para-hydroxylation sites is 3. The average Bonchev–Trinajstić information content (AvgIpc) is 3.07. The minimum Gasteiger partial charge on any atom is -0.485 e. The molecule has 0 radical (unpaired) electrons. The summed E-state index contributed by atoms with van der Waals surface area (Å²) in [6, 6.07) is 15.0. The molecule has 0 saturated carbocycles. The van der Waals surface area contributed by atoms with Crippen LogP contribution in [0.3, 0.4) is 0 Å². The fourth-order valence-electron chi connectivity index (χ4n) is 3.24. The van der Waals surface area contributed by atoms with Gasteiger partial charge in [0.05, 0.1) is 5.56 Å². The van der Waals surface area contributed by atoms with Gasteiger partial charge >= 0.3 is 0 Å². The van der Waals surface area contributed by atoms with Gasteiger partial charge in [-0.2, -0.15) is 0 Å². The molecule has 0 spiro atoms. The molecule has 144 valence electrons. The molecule has 7 nitrogen and oxygen atoms in total. The third-order valence-electron chi connectivity index (χ3n) is 4.65. The van der Waals surface area contributed by atoms with E-state index in [1.165, 1.54) is 0 Å². The Labute approximate surface area is 162 Å². The van der Waals surface area contributed by atoms with Crippen LogP contribution in [-0.4, -0.2) is 42.2 Å². The number of benzene rings is 2. The van der Waals surface area contributed by atoms with Gasteiger partial charge in [0.15, 0.2) is 11.5 Å². The molecule has 0 fully saturated rings. The molecule has 7 heteroatoms. The second-order valence-electron chi connectivity index (χ2n) is 6.58. The normalized spacial score (nSPS) is 15.2. The molecule has 1 aliphatic rings. The summed E-state index contributed by atoms with van der Waals surface area (Å²) in [4.78, 5) is 24.7. The number of ether oxygens (including phenoxy) is 2. The van der Waals surface area contributed by atoms with Crippen LogP contribution in [0.5, 0.6) is 11.5 Å². The molecule has 28 heavy (non-hydrogen) atoms. The van der Waals surface area contributed by atoms with Crippen molar-refractivity contribution in [3.63, 3.8) is 0 Å². The summed E-state index contributed by atoms with van der Waals surface area (Å²) >= 11 is 0. The molecule has 3 aromatic rings. The van der Waals surface area contributed by atoms with Crippen molar-refractivity contribution >= 4 is 22.7 Å².